The van der Waals surface area contributed by atoms with Crippen molar-refractivity contribution >= 4 is 39.2 Å². The van der Waals surface area contributed by atoms with Crippen LogP contribution in [0.2, 0.25) is 0 Å². The predicted octanol–water partition coefficient (Wildman–Crippen LogP) is 3.01. The molecule has 146 valence electrons. The third kappa shape index (κ3) is 4.79. The average molecular weight is 418 g/mol. The van der Waals surface area contributed by atoms with Gasteiger partial charge in [-0.25, -0.2) is 0 Å². The van der Waals surface area contributed by atoms with Gasteiger partial charge in [0.25, 0.3) is 0 Å². The molecule has 0 saturated carbocycles. The van der Waals surface area contributed by atoms with Crippen LogP contribution in [0.5, 0.6) is 5.75 Å². The Balaban J connectivity index is 1.85. The Bertz CT molecular complexity index is 1060. The Morgan fingerprint density at radius 1 is 1.11 bits per heavy atom. The number of hydrogen-bond acceptors (Lipinski definition) is 7. The SMILES string of the molecule is Cc1ccc(S(=O)(=O)Oc2ccc(C)cc2C=NN=C2NC(=O)[C@H](C)S2)cc1. The van der Waals surface area contributed by atoms with Gasteiger partial charge in [-0.1, -0.05) is 41.1 Å². The van der Waals surface area contributed by atoms with Crippen LogP contribution < -0.4 is 9.50 Å². The lowest BCUT2D eigenvalue weighted by Gasteiger charge is -2.10. The van der Waals surface area contributed by atoms with Crippen LogP contribution in [-0.2, 0) is 14.9 Å². The minimum Gasteiger partial charge on any atom is -0.378 e. The van der Waals surface area contributed by atoms with E-state index in [4.69, 9.17) is 4.18 Å². The van der Waals surface area contributed by atoms with E-state index < -0.39 is 10.1 Å². The minimum absolute atomic E-state index is 0.0702. The average Bonchev–Trinajstić information content (AvgIpc) is 2.95. The van der Waals surface area contributed by atoms with Crippen molar-refractivity contribution in [2.24, 2.45) is 10.2 Å². The lowest BCUT2D eigenvalue weighted by atomic mass is 10.1. The van der Waals surface area contributed by atoms with Crippen molar-refractivity contribution in [3.63, 3.8) is 0 Å². The van der Waals surface area contributed by atoms with Crippen molar-refractivity contribution in [1.29, 1.82) is 0 Å². The number of nitrogens with zero attached hydrogens (tertiary/aromatic N) is 2. The molecule has 1 amide bonds. The summed E-state index contributed by atoms with van der Waals surface area (Å²) in [5.74, 6) is 0.0225. The molecular weight excluding hydrogens is 398 g/mol. The molecule has 1 saturated heterocycles. The fourth-order valence-corrected chi connectivity index (χ4v) is 4.07. The Hall–Kier alpha value is -2.65. The Morgan fingerprint density at radius 2 is 1.79 bits per heavy atom. The molecule has 1 fully saturated rings. The van der Waals surface area contributed by atoms with Gasteiger partial charge in [0.05, 0.1) is 11.5 Å². The Morgan fingerprint density at radius 3 is 2.43 bits per heavy atom. The van der Waals surface area contributed by atoms with E-state index in [1.54, 1.807) is 37.3 Å². The highest BCUT2D eigenvalue weighted by atomic mass is 32.2. The maximum absolute atomic E-state index is 12.6. The maximum atomic E-state index is 12.6. The third-order valence-electron chi connectivity index (χ3n) is 3.91. The van der Waals surface area contributed by atoms with Crippen molar-refractivity contribution in [2.75, 3.05) is 0 Å². The zero-order valence-electron chi connectivity index (χ0n) is 15.5. The topological polar surface area (TPSA) is 97.2 Å². The summed E-state index contributed by atoms with van der Waals surface area (Å²) in [5.41, 5.74) is 2.32. The number of thioether (sulfide) groups is 1. The monoisotopic (exact) mass is 417 g/mol. The fourth-order valence-electron chi connectivity index (χ4n) is 2.37. The summed E-state index contributed by atoms with van der Waals surface area (Å²) in [6.07, 6.45) is 1.40. The van der Waals surface area contributed by atoms with Gasteiger partial charge in [-0.15, -0.1) is 5.10 Å². The lowest BCUT2D eigenvalue weighted by molar-refractivity contribution is -0.118. The second kappa shape index (κ2) is 8.15. The molecule has 28 heavy (non-hydrogen) atoms. The van der Waals surface area contributed by atoms with E-state index in [1.165, 1.54) is 30.1 Å². The van der Waals surface area contributed by atoms with Crippen molar-refractivity contribution in [1.82, 2.24) is 5.32 Å². The zero-order valence-corrected chi connectivity index (χ0v) is 17.2. The first-order valence-corrected chi connectivity index (χ1v) is 10.7. The smallest absolute Gasteiger partial charge is 0.339 e. The van der Waals surface area contributed by atoms with Gasteiger partial charge < -0.3 is 9.50 Å². The Kier molecular flexibility index (Phi) is 5.85. The van der Waals surface area contributed by atoms with Gasteiger partial charge in [0.15, 0.2) is 10.9 Å². The van der Waals surface area contributed by atoms with Crippen LogP contribution in [-0.4, -0.2) is 31.0 Å². The molecule has 0 bridgehead atoms. The molecule has 2 aromatic carbocycles. The first kappa shape index (κ1) is 20.1. The largest absolute Gasteiger partial charge is 0.378 e. The van der Waals surface area contributed by atoms with Crippen molar-refractivity contribution < 1.29 is 17.4 Å². The predicted molar refractivity (Wildman–Crippen MR) is 110 cm³/mol. The quantitative estimate of drug-likeness (QED) is 0.458. The van der Waals surface area contributed by atoms with Crippen LogP contribution in [0.1, 0.15) is 23.6 Å². The minimum atomic E-state index is -3.98. The van der Waals surface area contributed by atoms with Crippen molar-refractivity contribution in [3.05, 3.63) is 59.2 Å². The second-order valence-corrected chi connectivity index (χ2v) is 9.17. The fraction of sp³-hybridized carbons (Fsp3) is 0.211. The van der Waals surface area contributed by atoms with Crippen LogP contribution in [0, 0.1) is 13.8 Å². The molecule has 0 radical (unpaired) electrons. The van der Waals surface area contributed by atoms with E-state index in [0.29, 0.717) is 10.7 Å². The zero-order chi connectivity index (χ0) is 20.3. The standard InChI is InChI=1S/C19H19N3O4S2/c1-12-4-7-16(8-5-12)28(24,25)26-17-9-6-13(2)10-15(17)11-20-22-19-21-18(23)14(3)27-19/h4-11,14H,1-3H3,(H,21,22,23)/t14-/m0/s1. The number of nitrogens with one attached hydrogen (secondary N) is 1. The normalized spacial score (nSPS) is 18.6. The first-order chi connectivity index (χ1) is 13.2. The molecule has 0 unspecified atom stereocenters. The van der Waals surface area contributed by atoms with Gasteiger partial charge in [0.2, 0.25) is 5.91 Å². The summed E-state index contributed by atoms with van der Waals surface area (Å²) in [5, 5.41) is 10.7. The number of amidine groups is 1. The molecule has 7 nitrogen and oxygen atoms in total. The highest BCUT2D eigenvalue weighted by Gasteiger charge is 2.25. The number of carbonyl (C=O) groups is 1. The third-order valence-corrected chi connectivity index (χ3v) is 6.13. The van der Waals surface area contributed by atoms with Gasteiger partial charge in [-0.05, 0) is 45.0 Å². The van der Waals surface area contributed by atoms with E-state index in [-0.39, 0.29) is 21.8 Å². The van der Waals surface area contributed by atoms with E-state index in [9.17, 15) is 13.2 Å². The lowest BCUT2D eigenvalue weighted by Crippen LogP contribution is -2.23. The van der Waals surface area contributed by atoms with E-state index in [1.807, 2.05) is 13.8 Å². The number of hydrogen-bond donors (Lipinski definition) is 1. The van der Waals surface area contributed by atoms with Gasteiger partial charge in [0.1, 0.15) is 4.90 Å². The molecule has 0 spiro atoms. The summed E-state index contributed by atoms with van der Waals surface area (Å²) in [7, 11) is -3.98. The molecule has 1 heterocycles. The molecule has 0 aromatic heterocycles. The highest BCUT2D eigenvalue weighted by molar-refractivity contribution is 8.15. The van der Waals surface area contributed by atoms with E-state index >= 15 is 0 Å². The van der Waals surface area contributed by atoms with Crippen LogP contribution in [0.15, 0.2) is 57.6 Å². The van der Waals surface area contributed by atoms with E-state index in [2.05, 4.69) is 15.5 Å². The Labute approximate surface area is 168 Å². The molecule has 1 aliphatic heterocycles. The second-order valence-electron chi connectivity index (χ2n) is 6.29. The van der Waals surface area contributed by atoms with Crippen molar-refractivity contribution in [2.45, 2.75) is 30.9 Å². The van der Waals surface area contributed by atoms with Gasteiger partial charge in [-0.2, -0.15) is 13.5 Å². The summed E-state index contributed by atoms with van der Waals surface area (Å²) in [4.78, 5) is 11.5. The summed E-state index contributed by atoms with van der Waals surface area (Å²) >= 11 is 1.27. The molecule has 1 aliphatic rings. The highest BCUT2D eigenvalue weighted by Crippen LogP contribution is 2.24. The van der Waals surface area contributed by atoms with Crippen LogP contribution in [0.4, 0.5) is 0 Å². The molecule has 3 rings (SSSR count). The maximum Gasteiger partial charge on any atom is 0.339 e. The van der Waals surface area contributed by atoms with E-state index in [0.717, 1.165) is 11.1 Å². The van der Waals surface area contributed by atoms with Gasteiger partial charge in [0, 0.05) is 5.56 Å². The van der Waals surface area contributed by atoms with Crippen molar-refractivity contribution in [3.8, 4) is 5.75 Å². The summed E-state index contributed by atoms with van der Waals surface area (Å²) in [6.45, 7) is 5.52. The number of benzene rings is 2. The number of rotatable bonds is 5. The van der Waals surface area contributed by atoms with Crippen LogP contribution in [0.3, 0.4) is 0 Å². The molecule has 1 atom stereocenters. The summed E-state index contributed by atoms with van der Waals surface area (Å²) < 4.78 is 30.4. The number of amides is 1. The molecule has 1 N–H and O–H groups in total. The van der Waals surface area contributed by atoms with Gasteiger partial charge >= 0.3 is 10.1 Å². The van der Waals surface area contributed by atoms with Crippen LogP contribution in [0.25, 0.3) is 0 Å². The molecular formula is C19H19N3O4S2. The molecule has 9 heteroatoms. The first-order valence-electron chi connectivity index (χ1n) is 8.45. The molecule has 0 aliphatic carbocycles. The number of carbonyl (C=O) groups excluding carboxylic acids is 1. The number of aryl methyl sites for hydroxylation is 2. The summed E-state index contributed by atoms with van der Waals surface area (Å²) in [6, 6.07) is 11.5. The van der Waals surface area contributed by atoms with Gasteiger partial charge in [-0.3, -0.25) is 4.79 Å². The van der Waals surface area contributed by atoms with Crippen LogP contribution >= 0.6 is 11.8 Å². The molecule has 2 aromatic rings.